The third-order valence-electron chi connectivity index (χ3n) is 2.33. The van der Waals surface area contributed by atoms with Crippen molar-refractivity contribution in [2.75, 3.05) is 0 Å². The summed E-state index contributed by atoms with van der Waals surface area (Å²) in [6.45, 7) is 3.76. The van der Waals surface area contributed by atoms with Crippen molar-refractivity contribution < 1.29 is 4.79 Å². The maximum absolute atomic E-state index is 12.0. The summed E-state index contributed by atoms with van der Waals surface area (Å²) in [5.74, 6) is -0.0510. The molecule has 4 nitrogen and oxygen atoms in total. The van der Waals surface area contributed by atoms with E-state index in [1.165, 1.54) is 11.3 Å². The number of aryl methyl sites for hydroxylation is 2. The Bertz CT molecular complexity index is 512. The van der Waals surface area contributed by atoms with Crippen LogP contribution in [0.3, 0.4) is 0 Å². The molecule has 0 saturated carbocycles. The summed E-state index contributed by atoms with van der Waals surface area (Å²) in [5.41, 5.74) is 2.00. The van der Waals surface area contributed by atoms with E-state index in [-0.39, 0.29) is 5.78 Å². The van der Waals surface area contributed by atoms with Gasteiger partial charge in [-0.25, -0.2) is 4.98 Å². The first kappa shape index (κ1) is 10.0. The molecule has 2 aromatic rings. The van der Waals surface area contributed by atoms with Crippen LogP contribution in [0.1, 0.15) is 26.8 Å². The zero-order valence-electron chi connectivity index (χ0n) is 8.81. The Balaban J connectivity index is 2.41. The van der Waals surface area contributed by atoms with Gasteiger partial charge in [-0.1, -0.05) is 0 Å². The van der Waals surface area contributed by atoms with E-state index < -0.39 is 0 Å². The standard InChI is InChI=1S/C10H11N3OS/c1-6-8(4-11-13(6)3)10(14)9-5-15-7(2)12-9/h4-5H,1-3H3. The minimum Gasteiger partial charge on any atom is -0.287 e. The Morgan fingerprint density at radius 1 is 1.47 bits per heavy atom. The van der Waals surface area contributed by atoms with E-state index in [0.717, 1.165) is 10.7 Å². The Morgan fingerprint density at radius 3 is 2.67 bits per heavy atom. The molecule has 2 rings (SSSR count). The molecule has 5 heteroatoms. The van der Waals surface area contributed by atoms with Crippen LogP contribution in [0.5, 0.6) is 0 Å². The lowest BCUT2D eigenvalue weighted by Gasteiger charge is -1.96. The Hall–Kier alpha value is -1.49. The summed E-state index contributed by atoms with van der Waals surface area (Å²) in [6, 6.07) is 0. The van der Waals surface area contributed by atoms with Crippen LogP contribution < -0.4 is 0 Å². The first-order valence-corrected chi connectivity index (χ1v) is 5.43. The fourth-order valence-corrected chi connectivity index (χ4v) is 1.92. The number of thiazole rings is 1. The molecule has 0 N–H and O–H groups in total. The van der Waals surface area contributed by atoms with Crippen LogP contribution >= 0.6 is 11.3 Å². The van der Waals surface area contributed by atoms with Gasteiger partial charge in [-0.2, -0.15) is 5.10 Å². The molecule has 0 amide bonds. The summed E-state index contributed by atoms with van der Waals surface area (Å²) in [5, 5.41) is 6.73. The number of ketones is 1. The predicted octanol–water partition coefficient (Wildman–Crippen LogP) is 1.72. The second-order valence-corrected chi connectivity index (χ2v) is 4.41. The molecule has 0 saturated heterocycles. The highest BCUT2D eigenvalue weighted by Crippen LogP contribution is 2.15. The number of hydrogen-bond acceptors (Lipinski definition) is 4. The number of carbonyl (C=O) groups is 1. The fourth-order valence-electron chi connectivity index (χ4n) is 1.33. The second kappa shape index (κ2) is 3.58. The van der Waals surface area contributed by atoms with Crippen molar-refractivity contribution in [2.24, 2.45) is 7.05 Å². The van der Waals surface area contributed by atoms with Crippen LogP contribution in [0, 0.1) is 13.8 Å². The van der Waals surface area contributed by atoms with Crippen molar-refractivity contribution in [3.8, 4) is 0 Å². The average molecular weight is 221 g/mol. The molecule has 0 aromatic carbocycles. The van der Waals surface area contributed by atoms with Gasteiger partial charge in [0, 0.05) is 18.1 Å². The normalized spacial score (nSPS) is 10.6. The molecule has 0 aliphatic carbocycles. The Kier molecular flexibility index (Phi) is 2.40. The number of hydrogen-bond donors (Lipinski definition) is 0. The summed E-state index contributed by atoms with van der Waals surface area (Å²) < 4.78 is 1.69. The monoisotopic (exact) mass is 221 g/mol. The number of carbonyl (C=O) groups excluding carboxylic acids is 1. The van der Waals surface area contributed by atoms with Crippen LogP contribution in [-0.4, -0.2) is 20.5 Å². The molecule has 0 atom stereocenters. The van der Waals surface area contributed by atoms with E-state index in [1.54, 1.807) is 16.3 Å². The van der Waals surface area contributed by atoms with Crippen LogP contribution in [0.2, 0.25) is 0 Å². The van der Waals surface area contributed by atoms with Crippen molar-refractivity contribution in [2.45, 2.75) is 13.8 Å². The van der Waals surface area contributed by atoms with Crippen LogP contribution in [0.4, 0.5) is 0 Å². The van der Waals surface area contributed by atoms with Gasteiger partial charge in [0.1, 0.15) is 5.69 Å². The van der Waals surface area contributed by atoms with Gasteiger partial charge in [-0.3, -0.25) is 9.48 Å². The molecule has 15 heavy (non-hydrogen) atoms. The number of nitrogens with zero attached hydrogens (tertiary/aromatic N) is 3. The fraction of sp³-hybridized carbons (Fsp3) is 0.300. The lowest BCUT2D eigenvalue weighted by molar-refractivity contribution is 0.103. The lowest BCUT2D eigenvalue weighted by atomic mass is 10.1. The molecule has 2 heterocycles. The highest BCUT2D eigenvalue weighted by Gasteiger charge is 2.16. The summed E-state index contributed by atoms with van der Waals surface area (Å²) >= 11 is 1.48. The van der Waals surface area contributed by atoms with Crippen molar-refractivity contribution in [3.63, 3.8) is 0 Å². The first-order chi connectivity index (χ1) is 7.09. The van der Waals surface area contributed by atoms with Gasteiger partial charge in [-0.15, -0.1) is 11.3 Å². The smallest absolute Gasteiger partial charge is 0.215 e. The average Bonchev–Trinajstić information content (AvgIpc) is 2.75. The molecule has 0 aliphatic heterocycles. The van der Waals surface area contributed by atoms with Gasteiger partial charge in [0.25, 0.3) is 0 Å². The molecule has 0 unspecified atom stereocenters. The number of rotatable bonds is 2. The van der Waals surface area contributed by atoms with E-state index in [1.807, 2.05) is 20.9 Å². The van der Waals surface area contributed by atoms with Crippen molar-refractivity contribution in [1.29, 1.82) is 0 Å². The summed E-state index contributed by atoms with van der Waals surface area (Å²) in [7, 11) is 1.82. The minimum atomic E-state index is -0.0510. The van der Waals surface area contributed by atoms with Gasteiger partial charge in [0.2, 0.25) is 5.78 Å². The third kappa shape index (κ3) is 1.70. The van der Waals surface area contributed by atoms with Gasteiger partial charge in [-0.05, 0) is 13.8 Å². The molecule has 0 radical (unpaired) electrons. The lowest BCUT2D eigenvalue weighted by Crippen LogP contribution is -2.04. The van der Waals surface area contributed by atoms with Crippen LogP contribution in [-0.2, 0) is 7.05 Å². The highest BCUT2D eigenvalue weighted by molar-refractivity contribution is 7.09. The van der Waals surface area contributed by atoms with Gasteiger partial charge >= 0.3 is 0 Å². The van der Waals surface area contributed by atoms with E-state index in [4.69, 9.17) is 0 Å². The van der Waals surface area contributed by atoms with Crippen LogP contribution in [0.25, 0.3) is 0 Å². The molecule has 0 aliphatic rings. The van der Waals surface area contributed by atoms with Crippen molar-refractivity contribution in [1.82, 2.24) is 14.8 Å². The zero-order chi connectivity index (χ0) is 11.0. The second-order valence-electron chi connectivity index (χ2n) is 3.35. The van der Waals surface area contributed by atoms with E-state index in [0.29, 0.717) is 11.3 Å². The maximum atomic E-state index is 12.0. The third-order valence-corrected chi connectivity index (χ3v) is 3.11. The molecular formula is C10H11N3OS. The SMILES string of the molecule is Cc1nc(C(=O)c2cnn(C)c2C)cs1. The van der Waals surface area contributed by atoms with Gasteiger partial charge in [0.15, 0.2) is 0 Å². The quantitative estimate of drug-likeness (QED) is 0.725. The van der Waals surface area contributed by atoms with E-state index >= 15 is 0 Å². The van der Waals surface area contributed by atoms with Gasteiger partial charge < -0.3 is 0 Å². The summed E-state index contributed by atoms with van der Waals surface area (Å²) in [4.78, 5) is 16.2. The molecule has 0 spiro atoms. The summed E-state index contributed by atoms with van der Waals surface area (Å²) in [6.07, 6.45) is 1.59. The van der Waals surface area contributed by atoms with Crippen LogP contribution in [0.15, 0.2) is 11.6 Å². The Morgan fingerprint density at radius 2 is 2.20 bits per heavy atom. The molecule has 78 valence electrons. The molecule has 0 bridgehead atoms. The molecule has 2 aromatic heterocycles. The molecular weight excluding hydrogens is 210 g/mol. The van der Waals surface area contributed by atoms with E-state index in [9.17, 15) is 4.79 Å². The number of aromatic nitrogens is 3. The maximum Gasteiger partial charge on any atom is 0.215 e. The first-order valence-electron chi connectivity index (χ1n) is 4.55. The highest BCUT2D eigenvalue weighted by atomic mass is 32.1. The van der Waals surface area contributed by atoms with Gasteiger partial charge in [0.05, 0.1) is 16.8 Å². The minimum absolute atomic E-state index is 0.0510. The van der Waals surface area contributed by atoms with E-state index in [2.05, 4.69) is 10.1 Å². The zero-order valence-corrected chi connectivity index (χ0v) is 9.63. The topological polar surface area (TPSA) is 47.8 Å². The van der Waals surface area contributed by atoms with Crippen molar-refractivity contribution >= 4 is 17.1 Å². The largest absolute Gasteiger partial charge is 0.287 e. The van der Waals surface area contributed by atoms with Crippen molar-refractivity contribution in [3.05, 3.63) is 33.5 Å². The predicted molar refractivity (Wildman–Crippen MR) is 58.2 cm³/mol. The molecule has 0 fully saturated rings. The Labute approximate surface area is 91.6 Å².